The average Bonchev–Trinajstić information content (AvgIpc) is 2.34. The molecule has 17 heavy (non-hydrogen) atoms. The molecule has 0 fully saturated rings. The van der Waals surface area contributed by atoms with Gasteiger partial charge < -0.3 is 10.5 Å². The molecule has 88 valence electrons. The summed E-state index contributed by atoms with van der Waals surface area (Å²) < 4.78 is 19.0. The van der Waals surface area contributed by atoms with Gasteiger partial charge in [-0.15, -0.1) is 0 Å². The molecule has 0 heterocycles. The molecule has 2 aromatic carbocycles. The van der Waals surface area contributed by atoms with E-state index in [-0.39, 0.29) is 11.6 Å². The lowest BCUT2D eigenvalue weighted by molar-refractivity contribution is 0.441. The summed E-state index contributed by atoms with van der Waals surface area (Å²) in [7, 11) is 0. The van der Waals surface area contributed by atoms with E-state index >= 15 is 0 Å². The number of rotatable bonds is 3. The van der Waals surface area contributed by atoms with Crippen molar-refractivity contribution < 1.29 is 9.13 Å². The molecule has 2 N–H and O–H groups in total. The van der Waals surface area contributed by atoms with Crippen LogP contribution in [0.3, 0.4) is 0 Å². The molecule has 2 nitrogen and oxygen atoms in total. The highest BCUT2D eigenvalue weighted by Gasteiger charge is 2.05. The minimum atomic E-state index is -0.367. The van der Waals surface area contributed by atoms with Crippen LogP contribution >= 0.6 is 0 Å². The Morgan fingerprint density at radius 2 is 2.00 bits per heavy atom. The summed E-state index contributed by atoms with van der Waals surface area (Å²) in [5, 5.41) is 0. The van der Waals surface area contributed by atoms with Gasteiger partial charge in [0.2, 0.25) is 0 Å². The summed E-state index contributed by atoms with van der Waals surface area (Å²) in [6.45, 7) is 2.33. The summed E-state index contributed by atoms with van der Waals surface area (Å²) in [6, 6.07) is 12.1. The highest BCUT2D eigenvalue weighted by Crippen LogP contribution is 2.25. The Labute approximate surface area is 99.8 Å². The van der Waals surface area contributed by atoms with Crippen molar-refractivity contribution in [3.05, 3.63) is 59.4 Å². The highest BCUT2D eigenvalue weighted by atomic mass is 19.1. The van der Waals surface area contributed by atoms with Gasteiger partial charge in [0.1, 0.15) is 5.75 Å². The minimum Gasteiger partial charge on any atom is -0.454 e. The van der Waals surface area contributed by atoms with Crippen LogP contribution in [-0.2, 0) is 6.54 Å². The van der Waals surface area contributed by atoms with E-state index in [1.165, 1.54) is 6.07 Å². The first kappa shape index (κ1) is 11.6. The lowest BCUT2D eigenvalue weighted by Gasteiger charge is -2.08. The van der Waals surface area contributed by atoms with E-state index in [0.717, 1.165) is 11.1 Å². The number of aryl methyl sites for hydroxylation is 1. The maximum absolute atomic E-state index is 13.5. The van der Waals surface area contributed by atoms with Gasteiger partial charge in [-0.2, -0.15) is 0 Å². The second kappa shape index (κ2) is 4.97. The molecule has 0 saturated heterocycles. The molecular weight excluding hydrogens is 217 g/mol. The summed E-state index contributed by atoms with van der Waals surface area (Å²) in [5.74, 6) is 0.463. The molecule has 0 spiro atoms. The van der Waals surface area contributed by atoms with E-state index in [4.69, 9.17) is 10.5 Å². The third kappa shape index (κ3) is 2.82. The Morgan fingerprint density at radius 3 is 2.76 bits per heavy atom. The van der Waals surface area contributed by atoms with Crippen molar-refractivity contribution in [1.29, 1.82) is 0 Å². The Bertz CT molecular complexity index is 525. The Kier molecular flexibility index (Phi) is 3.40. The number of benzene rings is 2. The van der Waals surface area contributed by atoms with Crippen LogP contribution in [-0.4, -0.2) is 0 Å². The van der Waals surface area contributed by atoms with Crippen molar-refractivity contribution in [2.45, 2.75) is 13.5 Å². The van der Waals surface area contributed by atoms with Crippen LogP contribution in [0, 0.1) is 12.7 Å². The van der Waals surface area contributed by atoms with Crippen LogP contribution in [0.15, 0.2) is 42.5 Å². The fourth-order valence-corrected chi connectivity index (χ4v) is 1.55. The standard InChI is InChI=1S/C14H14FNO/c1-10-5-6-13(15)14(7-10)17-12-4-2-3-11(8-12)9-16/h2-8H,9,16H2,1H3. The number of ether oxygens (including phenoxy) is 1. The molecule has 2 rings (SSSR count). The summed E-state index contributed by atoms with van der Waals surface area (Å²) in [6.07, 6.45) is 0. The van der Waals surface area contributed by atoms with Crippen LogP contribution in [0.5, 0.6) is 11.5 Å². The Hall–Kier alpha value is -1.87. The number of nitrogens with two attached hydrogens (primary N) is 1. The summed E-state index contributed by atoms with van der Waals surface area (Å²) in [5.41, 5.74) is 7.45. The Morgan fingerprint density at radius 1 is 1.18 bits per heavy atom. The van der Waals surface area contributed by atoms with Crippen molar-refractivity contribution in [2.24, 2.45) is 5.73 Å². The van der Waals surface area contributed by atoms with Crippen molar-refractivity contribution in [3.63, 3.8) is 0 Å². The van der Waals surface area contributed by atoms with Gasteiger partial charge in [0.05, 0.1) is 0 Å². The van der Waals surface area contributed by atoms with Gasteiger partial charge in [0.25, 0.3) is 0 Å². The van der Waals surface area contributed by atoms with Gasteiger partial charge in [0, 0.05) is 6.54 Å². The average molecular weight is 231 g/mol. The zero-order valence-electron chi connectivity index (χ0n) is 9.61. The van der Waals surface area contributed by atoms with E-state index in [1.54, 1.807) is 18.2 Å². The minimum absolute atomic E-state index is 0.235. The molecule has 0 bridgehead atoms. The van der Waals surface area contributed by atoms with Crippen LogP contribution in [0.25, 0.3) is 0 Å². The summed E-state index contributed by atoms with van der Waals surface area (Å²) in [4.78, 5) is 0. The maximum atomic E-state index is 13.5. The van der Waals surface area contributed by atoms with Crippen molar-refractivity contribution in [1.82, 2.24) is 0 Å². The van der Waals surface area contributed by atoms with Crippen LogP contribution in [0.1, 0.15) is 11.1 Å². The van der Waals surface area contributed by atoms with Crippen molar-refractivity contribution >= 4 is 0 Å². The maximum Gasteiger partial charge on any atom is 0.165 e. The smallest absolute Gasteiger partial charge is 0.165 e. The van der Waals surface area contributed by atoms with Gasteiger partial charge in [0.15, 0.2) is 11.6 Å². The molecule has 0 unspecified atom stereocenters. The predicted octanol–water partition coefficient (Wildman–Crippen LogP) is 3.39. The van der Waals surface area contributed by atoms with Gasteiger partial charge in [-0.3, -0.25) is 0 Å². The first-order valence-electron chi connectivity index (χ1n) is 5.42. The molecule has 0 saturated carbocycles. The largest absolute Gasteiger partial charge is 0.454 e. The number of hydrogen-bond donors (Lipinski definition) is 1. The topological polar surface area (TPSA) is 35.2 Å². The van der Waals surface area contributed by atoms with Crippen LogP contribution < -0.4 is 10.5 Å². The van der Waals surface area contributed by atoms with E-state index in [0.29, 0.717) is 12.3 Å². The van der Waals surface area contributed by atoms with E-state index in [9.17, 15) is 4.39 Å². The van der Waals surface area contributed by atoms with Crippen molar-refractivity contribution in [3.8, 4) is 11.5 Å². The molecule has 0 atom stereocenters. The van der Waals surface area contributed by atoms with Crippen LogP contribution in [0.2, 0.25) is 0 Å². The van der Waals surface area contributed by atoms with Gasteiger partial charge in [-0.05, 0) is 42.3 Å². The monoisotopic (exact) mass is 231 g/mol. The fourth-order valence-electron chi connectivity index (χ4n) is 1.55. The van der Waals surface area contributed by atoms with E-state index in [1.807, 2.05) is 25.1 Å². The molecule has 2 aromatic rings. The number of hydrogen-bond acceptors (Lipinski definition) is 2. The molecule has 0 aromatic heterocycles. The van der Waals surface area contributed by atoms with Gasteiger partial charge in [-0.25, -0.2) is 4.39 Å². The first-order valence-corrected chi connectivity index (χ1v) is 5.42. The van der Waals surface area contributed by atoms with Gasteiger partial charge in [-0.1, -0.05) is 18.2 Å². The summed E-state index contributed by atoms with van der Waals surface area (Å²) >= 11 is 0. The second-order valence-corrected chi connectivity index (χ2v) is 3.89. The second-order valence-electron chi connectivity index (χ2n) is 3.89. The predicted molar refractivity (Wildman–Crippen MR) is 65.5 cm³/mol. The number of halogens is 1. The molecule has 0 aliphatic heterocycles. The lowest BCUT2D eigenvalue weighted by Crippen LogP contribution is -1.96. The normalized spacial score (nSPS) is 10.3. The quantitative estimate of drug-likeness (QED) is 0.878. The Balaban J connectivity index is 2.27. The van der Waals surface area contributed by atoms with Crippen LogP contribution in [0.4, 0.5) is 4.39 Å². The molecular formula is C14H14FNO. The third-order valence-corrected chi connectivity index (χ3v) is 2.45. The van der Waals surface area contributed by atoms with E-state index < -0.39 is 0 Å². The zero-order chi connectivity index (χ0) is 12.3. The molecule has 0 aliphatic rings. The molecule has 3 heteroatoms. The van der Waals surface area contributed by atoms with E-state index in [2.05, 4.69) is 0 Å². The molecule has 0 radical (unpaired) electrons. The SMILES string of the molecule is Cc1ccc(F)c(Oc2cccc(CN)c2)c1. The third-order valence-electron chi connectivity index (χ3n) is 2.45. The molecule has 0 aliphatic carbocycles. The van der Waals surface area contributed by atoms with Gasteiger partial charge >= 0.3 is 0 Å². The zero-order valence-corrected chi connectivity index (χ0v) is 9.61. The highest BCUT2D eigenvalue weighted by molar-refractivity contribution is 5.36. The van der Waals surface area contributed by atoms with Crippen molar-refractivity contribution in [2.75, 3.05) is 0 Å². The fraction of sp³-hybridized carbons (Fsp3) is 0.143. The molecule has 0 amide bonds. The lowest BCUT2D eigenvalue weighted by atomic mass is 10.2. The first-order chi connectivity index (χ1) is 8.19.